The van der Waals surface area contributed by atoms with Crippen molar-refractivity contribution in [3.63, 3.8) is 0 Å². The zero-order valence-corrected chi connectivity index (χ0v) is 17.4. The second kappa shape index (κ2) is 8.74. The van der Waals surface area contributed by atoms with Gasteiger partial charge in [0.2, 0.25) is 0 Å². The first kappa shape index (κ1) is 20.2. The molecule has 0 radical (unpaired) electrons. The Morgan fingerprint density at radius 3 is 2.57 bits per heavy atom. The number of ketones is 1. The molecule has 1 aromatic carbocycles. The summed E-state index contributed by atoms with van der Waals surface area (Å²) in [5.41, 5.74) is 3.96. The highest BCUT2D eigenvalue weighted by molar-refractivity contribution is 6.09. The number of benzene rings is 1. The first-order valence-corrected chi connectivity index (χ1v) is 10.5. The monoisotopic (exact) mass is 402 g/mol. The van der Waals surface area contributed by atoms with Crippen LogP contribution in [0.5, 0.6) is 0 Å². The maximum absolute atomic E-state index is 13.4. The lowest BCUT2D eigenvalue weighted by molar-refractivity contribution is -0.146. The van der Waals surface area contributed by atoms with Gasteiger partial charge in [-0.1, -0.05) is 43.3 Å². The predicted octanol–water partition coefficient (Wildman–Crippen LogP) is 4.61. The van der Waals surface area contributed by atoms with Crippen molar-refractivity contribution in [3.8, 4) is 0 Å². The number of nitrogens with zero attached hydrogens (tertiary/aromatic N) is 2. The molecule has 0 N–H and O–H groups in total. The SMILES string of the molecule is CCCOC(=O)C1C(C)=NC2=C(C(=O)C[C@@H](c3ccccc3)C2)[C@H]1c1ccccn1. The molecule has 1 aliphatic heterocycles. The van der Waals surface area contributed by atoms with E-state index in [9.17, 15) is 9.59 Å². The van der Waals surface area contributed by atoms with Crippen LogP contribution in [0.2, 0.25) is 0 Å². The fourth-order valence-corrected chi connectivity index (χ4v) is 4.50. The summed E-state index contributed by atoms with van der Waals surface area (Å²) in [6.45, 7) is 4.17. The van der Waals surface area contributed by atoms with Crippen molar-refractivity contribution in [1.82, 2.24) is 4.98 Å². The summed E-state index contributed by atoms with van der Waals surface area (Å²) in [7, 11) is 0. The van der Waals surface area contributed by atoms with Gasteiger partial charge in [0.1, 0.15) is 5.92 Å². The third kappa shape index (κ3) is 3.84. The third-order valence-electron chi connectivity index (χ3n) is 5.87. The molecule has 0 saturated carbocycles. The quantitative estimate of drug-likeness (QED) is 0.685. The second-order valence-corrected chi connectivity index (χ2v) is 7.93. The van der Waals surface area contributed by atoms with Gasteiger partial charge in [-0.15, -0.1) is 0 Å². The lowest BCUT2D eigenvalue weighted by Crippen LogP contribution is -2.38. The molecule has 2 aliphatic rings. The van der Waals surface area contributed by atoms with Crippen LogP contribution in [0.4, 0.5) is 0 Å². The number of esters is 1. The van der Waals surface area contributed by atoms with Gasteiger partial charge >= 0.3 is 5.97 Å². The first-order valence-electron chi connectivity index (χ1n) is 10.5. The first-order chi connectivity index (χ1) is 14.6. The van der Waals surface area contributed by atoms with Crippen molar-refractivity contribution >= 4 is 17.5 Å². The minimum Gasteiger partial charge on any atom is -0.465 e. The second-order valence-electron chi connectivity index (χ2n) is 7.93. The van der Waals surface area contributed by atoms with Crippen LogP contribution in [0.15, 0.2) is 71.0 Å². The van der Waals surface area contributed by atoms with Crippen LogP contribution >= 0.6 is 0 Å². The molecular formula is C25H26N2O3. The summed E-state index contributed by atoms with van der Waals surface area (Å²) in [6, 6.07) is 15.7. The molecule has 0 bridgehead atoms. The molecule has 0 spiro atoms. The molecule has 1 unspecified atom stereocenters. The van der Waals surface area contributed by atoms with E-state index < -0.39 is 11.8 Å². The Hall–Kier alpha value is -3.08. The molecule has 1 aliphatic carbocycles. The highest BCUT2D eigenvalue weighted by Crippen LogP contribution is 2.46. The van der Waals surface area contributed by atoms with Gasteiger partial charge in [0, 0.05) is 35.3 Å². The van der Waals surface area contributed by atoms with E-state index in [1.807, 2.05) is 50.2 Å². The summed E-state index contributed by atoms with van der Waals surface area (Å²) >= 11 is 0. The molecule has 154 valence electrons. The summed E-state index contributed by atoms with van der Waals surface area (Å²) in [6.07, 6.45) is 3.54. The number of Topliss-reactive ketones (excluding diaryl/α,β-unsaturated/α-hetero) is 1. The number of rotatable bonds is 5. The van der Waals surface area contributed by atoms with E-state index in [-0.39, 0.29) is 17.7 Å². The molecule has 2 heterocycles. The zero-order chi connectivity index (χ0) is 21.1. The van der Waals surface area contributed by atoms with E-state index in [0.717, 1.165) is 17.7 Å². The Kier molecular flexibility index (Phi) is 5.88. The minimum absolute atomic E-state index is 0.0466. The van der Waals surface area contributed by atoms with Crippen molar-refractivity contribution in [2.45, 2.75) is 44.9 Å². The lowest BCUT2D eigenvalue weighted by atomic mass is 9.70. The van der Waals surface area contributed by atoms with Crippen LogP contribution in [-0.4, -0.2) is 29.1 Å². The van der Waals surface area contributed by atoms with Crippen molar-refractivity contribution < 1.29 is 14.3 Å². The van der Waals surface area contributed by atoms with Gasteiger partial charge in [-0.2, -0.15) is 0 Å². The Morgan fingerprint density at radius 2 is 1.87 bits per heavy atom. The number of aliphatic imine (C=N–C) groups is 1. The average molecular weight is 402 g/mol. The van der Waals surface area contributed by atoms with E-state index in [1.165, 1.54) is 0 Å². The summed E-state index contributed by atoms with van der Waals surface area (Å²) in [5.74, 6) is -1.26. The molecular weight excluding hydrogens is 376 g/mol. The van der Waals surface area contributed by atoms with Crippen LogP contribution in [0, 0.1) is 5.92 Å². The highest BCUT2D eigenvalue weighted by atomic mass is 16.5. The van der Waals surface area contributed by atoms with Crippen molar-refractivity contribution in [2.75, 3.05) is 6.61 Å². The summed E-state index contributed by atoms with van der Waals surface area (Å²) in [4.78, 5) is 35.6. The topological polar surface area (TPSA) is 68.6 Å². The van der Waals surface area contributed by atoms with Gasteiger partial charge in [0.15, 0.2) is 5.78 Å². The van der Waals surface area contributed by atoms with Crippen molar-refractivity contribution in [2.24, 2.45) is 10.9 Å². The van der Waals surface area contributed by atoms with Crippen LogP contribution in [0.1, 0.15) is 56.2 Å². The standard InChI is InChI=1S/C25H26N2O3/c1-3-13-30-25(29)22-16(2)27-20-14-18(17-9-5-4-6-10-17)15-21(28)23(20)24(22)19-11-7-8-12-26-19/h4-12,18,22,24H,3,13-15H2,1-2H3/t18-,22?,24-/m0/s1. The molecule has 3 atom stereocenters. The van der Waals surface area contributed by atoms with Crippen LogP contribution < -0.4 is 0 Å². The van der Waals surface area contributed by atoms with E-state index in [1.54, 1.807) is 6.20 Å². The Labute approximate surface area is 176 Å². The molecule has 2 aromatic rings. The molecule has 0 amide bonds. The average Bonchev–Trinajstić information content (AvgIpc) is 2.77. The van der Waals surface area contributed by atoms with Gasteiger partial charge in [-0.25, -0.2) is 0 Å². The molecule has 30 heavy (non-hydrogen) atoms. The Bertz CT molecular complexity index is 996. The van der Waals surface area contributed by atoms with Crippen LogP contribution in [-0.2, 0) is 14.3 Å². The van der Waals surface area contributed by atoms with Crippen LogP contribution in [0.25, 0.3) is 0 Å². The zero-order valence-electron chi connectivity index (χ0n) is 17.4. The minimum atomic E-state index is -0.623. The number of hydrogen-bond donors (Lipinski definition) is 0. The molecule has 4 rings (SSSR count). The summed E-state index contributed by atoms with van der Waals surface area (Å²) in [5, 5.41) is 0. The number of carbonyl (C=O) groups is 2. The third-order valence-corrected chi connectivity index (χ3v) is 5.87. The maximum atomic E-state index is 13.4. The molecule has 0 fully saturated rings. The maximum Gasteiger partial charge on any atom is 0.315 e. The Balaban J connectivity index is 1.76. The fourth-order valence-electron chi connectivity index (χ4n) is 4.50. The number of aromatic nitrogens is 1. The highest BCUT2D eigenvalue weighted by Gasteiger charge is 2.45. The van der Waals surface area contributed by atoms with E-state index in [4.69, 9.17) is 9.73 Å². The molecule has 5 heteroatoms. The van der Waals surface area contributed by atoms with Crippen LogP contribution in [0.3, 0.4) is 0 Å². The van der Waals surface area contributed by atoms with Gasteiger partial charge in [0.05, 0.1) is 12.5 Å². The number of carbonyl (C=O) groups excluding carboxylic acids is 2. The van der Waals surface area contributed by atoms with Gasteiger partial charge in [-0.3, -0.25) is 19.6 Å². The molecule has 1 aromatic heterocycles. The lowest BCUT2D eigenvalue weighted by Gasteiger charge is -2.36. The van der Waals surface area contributed by atoms with Gasteiger partial charge < -0.3 is 4.74 Å². The number of hydrogen-bond acceptors (Lipinski definition) is 5. The van der Waals surface area contributed by atoms with Crippen molar-refractivity contribution in [3.05, 3.63) is 77.3 Å². The number of pyridine rings is 1. The number of ether oxygens (including phenoxy) is 1. The summed E-state index contributed by atoms with van der Waals surface area (Å²) < 4.78 is 5.48. The van der Waals surface area contributed by atoms with Gasteiger partial charge in [-0.05, 0) is 43.4 Å². The molecule has 5 nitrogen and oxygen atoms in total. The number of allylic oxidation sites excluding steroid dienone is 2. The Morgan fingerprint density at radius 1 is 1.10 bits per heavy atom. The van der Waals surface area contributed by atoms with Crippen molar-refractivity contribution in [1.29, 1.82) is 0 Å². The van der Waals surface area contributed by atoms with E-state index >= 15 is 0 Å². The van der Waals surface area contributed by atoms with Gasteiger partial charge in [0.25, 0.3) is 0 Å². The fraction of sp³-hybridized carbons (Fsp3) is 0.360. The largest absolute Gasteiger partial charge is 0.465 e. The predicted molar refractivity (Wildman–Crippen MR) is 115 cm³/mol. The normalized spacial score (nSPS) is 23.6. The molecule has 0 saturated heterocycles. The smallest absolute Gasteiger partial charge is 0.315 e. The van der Waals surface area contributed by atoms with E-state index in [2.05, 4.69) is 17.1 Å². The van der Waals surface area contributed by atoms with E-state index in [0.29, 0.717) is 36.4 Å².